The smallest absolute Gasteiger partial charge is 0.0479 e. The third kappa shape index (κ3) is 4.47. The summed E-state index contributed by atoms with van der Waals surface area (Å²) >= 11 is 2.30. The summed E-state index contributed by atoms with van der Waals surface area (Å²) in [5, 5.41) is 3.32. The molecule has 0 spiro atoms. The van der Waals surface area contributed by atoms with Crippen molar-refractivity contribution in [3.05, 3.63) is 27.8 Å². The highest BCUT2D eigenvalue weighted by Crippen LogP contribution is 2.10. The first-order valence-corrected chi connectivity index (χ1v) is 5.39. The number of nitrogens with one attached hydrogen (secondary N) is 1. The molecule has 1 aromatic carbocycles. The molecule has 1 aromatic rings. The monoisotopic (exact) mass is 291 g/mol. The maximum atomic E-state index is 4.96. The Morgan fingerprint density at radius 2 is 2.00 bits per heavy atom. The van der Waals surface area contributed by atoms with Crippen molar-refractivity contribution in [1.29, 1.82) is 0 Å². The molecule has 3 heteroatoms. The summed E-state index contributed by atoms with van der Waals surface area (Å²) in [6, 6.07) is 8.38. The van der Waals surface area contributed by atoms with Crippen LogP contribution < -0.4 is 5.32 Å². The lowest BCUT2D eigenvalue weighted by atomic mass is 10.3. The zero-order valence-electron chi connectivity index (χ0n) is 7.72. The first-order valence-electron chi connectivity index (χ1n) is 4.31. The van der Waals surface area contributed by atoms with Crippen molar-refractivity contribution in [2.24, 2.45) is 0 Å². The van der Waals surface area contributed by atoms with E-state index in [1.54, 1.807) is 7.11 Å². The van der Waals surface area contributed by atoms with E-state index in [0.717, 1.165) is 19.6 Å². The van der Waals surface area contributed by atoms with Crippen LogP contribution in [0.4, 0.5) is 5.69 Å². The van der Waals surface area contributed by atoms with Crippen molar-refractivity contribution in [2.75, 3.05) is 25.6 Å². The summed E-state index contributed by atoms with van der Waals surface area (Å²) in [7, 11) is 1.73. The van der Waals surface area contributed by atoms with E-state index in [-0.39, 0.29) is 0 Å². The van der Waals surface area contributed by atoms with E-state index in [4.69, 9.17) is 4.74 Å². The number of rotatable bonds is 5. The molecule has 13 heavy (non-hydrogen) atoms. The molecule has 0 aliphatic carbocycles. The zero-order valence-corrected chi connectivity index (χ0v) is 9.87. The van der Waals surface area contributed by atoms with Crippen molar-refractivity contribution < 1.29 is 4.74 Å². The Morgan fingerprint density at radius 1 is 1.31 bits per heavy atom. The Kier molecular flexibility index (Phi) is 5.15. The zero-order chi connectivity index (χ0) is 9.52. The molecule has 0 heterocycles. The highest BCUT2D eigenvalue weighted by atomic mass is 127. The van der Waals surface area contributed by atoms with Gasteiger partial charge in [-0.05, 0) is 53.3 Å². The molecule has 0 aliphatic heterocycles. The van der Waals surface area contributed by atoms with E-state index in [1.165, 1.54) is 9.26 Å². The molecule has 0 fully saturated rings. The van der Waals surface area contributed by atoms with E-state index in [2.05, 4.69) is 52.2 Å². The van der Waals surface area contributed by atoms with Crippen LogP contribution in [-0.2, 0) is 4.74 Å². The number of methoxy groups -OCH3 is 1. The third-order valence-corrected chi connectivity index (χ3v) is 2.42. The first kappa shape index (κ1) is 10.8. The molecule has 0 bridgehead atoms. The molecule has 0 aliphatic rings. The predicted octanol–water partition coefficient (Wildman–Crippen LogP) is 2.74. The van der Waals surface area contributed by atoms with Crippen LogP contribution >= 0.6 is 22.6 Å². The highest BCUT2D eigenvalue weighted by molar-refractivity contribution is 14.1. The second kappa shape index (κ2) is 6.21. The molecule has 0 atom stereocenters. The molecule has 0 aromatic heterocycles. The standard InChI is InChI=1S/C10H14INO/c1-13-8-2-7-12-10-5-3-9(11)4-6-10/h3-6,12H,2,7-8H2,1H3. The second-order valence-electron chi connectivity index (χ2n) is 2.78. The van der Waals surface area contributed by atoms with Gasteiger partial charge in [-0.25, -0.2) is 0 Å². The van der Waals surface area contributed by atoms with Crippen LogP contribution in [0.25, 0.3) is 0 Å². The van der Waals surface area contributed by atoms with Gasteiger partial charge in [0.2, 0.25) is 0 Å². The van der Waals surface area contributed by atoms with Crippen molar-refractivity contribution in [2.45, 2.75) is 6.42 Å². The summed E-state index contributed by atoms with van der Waals surface area (Å²) in [4.78, 5) is 0. The Bertz CT molecular complexity index is 235. The van der Waals surface area contributed by atoms with Crippen LogP contribution in [0.1, 0.15) is 6.42 Å². The average Bonchev–Trinajstić information content (AvgIpc) is 2.15. The number of halogens is 1. The molecule has 1 N–H and O–H groups in total. The fraction of sp³-hybridized carbons (Fsp3) is 0.400. The SMILES string of the molecule is COCCCNc1ccc(I)cc1. The van der Waals surface area contributed by atoms with Gasteiger partial charge in [-0.2, -0.15) is 0 Å². The van der Waals surface area contributed by atoms with Gasteiger partial charge in [0.1, 0.15) is 0 Å². The van der Waals surface area contributed by atoms with Gasteiger partial charge in [-0.1, -0.05) is 0 Å². The number of ether oxygens (including phenoxy) is 1. The highest BCUT2D eigenvalue weighted by Gasteiger charge is 1.90. The Hall–Kier alpha value is -0.290. The largest absolute Gasteiger partial charge is 0.385 e. The average molecular weight is 291 g/mol. The summed E-state index contributed by atoms with van der Waals surface area (Å²) in [6.07, 6.45) is 1.04. The van der Waals surface area contributed by atoms with Gasteiger partial charge in [0.05, 0.1) is 0 Å². The first-order chi connectivity index (χ1) is 6.33. The molecular weight excluding hydrogens is 277 g/mol. The molecule has 2 nitrogen and oxygen atoms in total. The molecule has 0 saturated heterocycles. The minimum atomic E-state index is 0.817. The quantitative estimate of drug-likeness (QED) is 0.665. The third-order valence-electron chi connectivity index (χ3n) is 1.70. The van der Waals surface area contributed by atoms with Crippen LogP contribution in [0.15, 0.2) is 24.3 Å². The number of hydrogen-bond donors (Lipinski definition) is 1. The number of anilines is 1. The van der Waals surface area contributed by atoms with Crippen molar-refractivity contribution >= 4 is 28.3 Å². The summed E-state index contributed by atoms with van der Waals surface area (Å²) in [6.45, 7) is 1.78. The van der Waals surface area contributed by atoms with Gasteiger partial charge in [0.25, 0.3) is 0 Å². The molecule has 0 unspecified atom stereocenters. The molecule has 72 valence electrons. The van der Waals surface area contributed by atoms with Crippen LogP contribution in [0.2, 0.25) is 0 Å². The van der Waals surface area contributed by atoms with Gasteiger partial charge < -0.3 is 10.1 Å². The van der Waals surface area contributed by atoms with Crippen molar-refractivity contribution in [3.8, 4) is 0 Å². The predicted molar refractivity (Wildman–Crippen MR) is 64.1 cm³/mol. The van der Waals surface area contributed by atoms with E-state index in [1.807, 2.05) is 0 Å². The van der Waals surface area contributed by atoms with Crippen LogP contribution in [0.5, 0.6) is 0 Å². The normalized spacial score (nSPS) is 10.0. The van der Waals surface area contributed by atoms with E-state index < -0.39 is 0 Å². The fourth-order valence-corrected chi connectivity index (χ4v) is 1.38. The molecular formula is C10H14INO. The van der Waals surface area contributed by atoms with Gasteiger partial charge in [-0.15, -0.1) is 0 Å². The molecule has 1 rings (SSSR count). The topological polar surface area (TPSA) is 21.3 Å². The van der Waals surface area contributed by atoms with Gasteiger partial charge in [-0.3, -0.25) is 0 Å². The maximum absolute atomic E-state index is 4.96. The lowest BCUT2D eigenvalue weighted by Gasteiger charge is -2.05. The lowest BCUT2D eigenvalue weighted by Crippen LogP contribution is -2.04. The van der Waals surface area contributed by atoms with Gasteiger partial charge in [0, 0.05) is 29.5 Å². The lowest BCUT2D eigenvalue weighted by molar-refractivity contribution is 0.198. The molecule has 0 amide bonds. The van der Waals surface area contributed by atoms with Crippen LogP contribution in [0, 0.1) is 3.57 Å². The minimum Gasteiger partial charge on any atom is -0.385 e. The van der Waals surface area contributed by atoms with E-state index in [9.17, 15) is 0 Å². The van der Waals surface area contributed by atoms with Gasteiger partial charge >= 0.3 is 0 Å². The van der Waals surface area contributed by atoms with Crippen molar-refractivity contribution in [3.63, 3.8) is 0 Å². The van der Waals surface area contributed by atoms with Gasteiger partial charge in [0.15, 0.2) is 0 Å². The fourth-order valence-electron chi connectivity index (χ4n) is 1.02. The van der Waals surface area contributed by atoms with Crippen LogP contribution in [-0.4, -0.2) is 20.3 Å². The Labute approximate surface area is 92.8 Å². The number of hydrogen-bond acceptors (Lipinski definition) is 2. The van der Waals surface area contributed by atoms with E-state index >= 15 is 0 Å². The molecule has 0 radical (unpaired) electrons. The number of benzene rings is 1. The maximum Gasteiger partial charge on any atom is 0.0479 e. The van der Waals surface area contributed by atoms with Crippen LogP contribution in [0.3, 0.4) is 0 Å². The summed E-state index contributed by atoms with van der Waals surface area (Å²) < 4.78 is 6.22. The Morgan fingerprint density at radius 3 is 2.62 bits per heavy atom. The Balaban J connectivity index is 2.25. The summed E-state index contributed by atoms with van der Waals surface area (Å²) in [5.41, 5.74) is 1.18. The minimum absolute atomic E-state index is 0.817. The second-order valence-corrected chi connectivity index (χ2v) is 4.03. The summed E-state index contributed by atoms with van der Waals surface area (Å²) in [5.74, 6) is 0. The van der Waals surface area contributed by atoms with Crippen molar-refractivity contribution in [1.82, 2.24) is 0 Å². The van der Waals surface area contributed by atoms with E-state index in [0.29, 0.717) is 0 Å². The molecule has 0 saturated carbocycles.